The van der Waals surface area contributed by atoms with E-state index in [0.717, 1.165) is 27.6 Å². The van der Waals surface area contributed by atoms with E-state index in [9.17, 15) is 13.2 Å². The standard InChI is InChI=1S/C21H24N4O3S/c1-16-22-13-14-25(16)19-12-8-7-11-18(19)15-23-21(26)20(24(2)29(3,27)28)17-9-5-4-6-10-17/h4-14,20H,15H2,1-3H3,(H,23,26)/t20-/m0/s1. The molecule has 29 heavy (non-hydrogen) atoms. The van der Waals surface area contributed by atoms with E-state index in [2.05, 4.69) is 10.3 Å². The molecule has 8 heteroatoms. The normalized spacial score (nSPS) is 12.7. The summed E-state index contributed by atoms with van der Waals surface area (Å²) in [5, 5.41) is 2.89. The molecular weight excluding hydrogens is 388 g/mol. The lowest BCUT2D eigenvalue weighted by Crippen LogP contribution is -2.41. The second kappa shape index (κ2) is 8.59. The number of rotatable bonds is 7. The van der Waals surface area contributed by atoms with Crippen LogP contribution in [0.5, 0.6) is 0 Å². The Morgan fingerprint density at radius 3 is 2.41 bits per heavy atom. The molecule has 1 N–H and O–H groups in total. The third-order valence-electron chi connectivity index (χ3n) is 4.78. The second-order valence-electron chi connectivity index (χ2n) is 6.78. The number of carbonyl (C=O) groups excluding carboxylic acids is 1. The van der Waals surface area contributed by atoms with Gasteiger partial charge in [-0.3, -0.25) is 4.79 Å². The molecule has 7 nitrogen and oxygen atoms in total. The van der Waals surface area contributed by atoms with Gasteiger partial charge in [0.2, 0.25) is 15.9 Å². The van der Waals surface area contributed by atoms with Gasteiger partial charge in [-0.05, 0) is 24.1 Å². The Hall–Kier alpha value is -2.97. The van der Waals surface area contributed by atoms with Crippen molar-refractivity contribution in [3.05, 3.63) is 83.9 Å². The predicted molar refractivity (Wildman–Crippen MR) is 112 cm³/mol. The third-order valence-corrected chi connectivity index (χ3v) is 6.04. The number of nitrogens with one attached hydrogen (secondary N) is 1. The summed E-state index contributed by atoms with van der Waals surface area (Å²) in [6.07, 6.45) is 4.67. The van der Waals surface area contributed by atoms with Gasteiger partial charge in [0, 0.05) is 26.0 Å². The zero-order chi connectivity index (χ0) is 21.0. The van der Waals surface area contributed by atoms with E-state index in [1.807, 2.05) is 48.0 Å². The summed E-state index contributed by atoms with van der Waals surface area (Å²) >= 11 is 0. The van der Waals surface area contributed by atoms with Gasteiger partial charge in [-0.25, -0.2) is 13.4 Å². The number of imidazole rings is 1. The van der Waals surface area contributed by atoms with Crippen molar-refractivity contribution in [3.8, 4) is 5.69 Å². The Kier molecular flexibility index (Phi) is 6.14. The molecule has 1 heterocycles. The molecule has 152 valence electrons. The molecule has 0 bridgehead atoms. The van der Waals surface area contributed by atoms with Gasteiger partial charge in [-0.15, -0.1) is 0 Å². The number of aromatic nitrogens is 2. The molecule has 0 aliphatic heterocycles. The maximum Gasteiger partial charge on any atom is 0.243 e. The van der Waals surface area contributed by atoms with Crippen molar-refractivity contribution < 1.29 is 13.2 Å². The smallest absolute Gasteiger partial charge is 0.243 e. The number of sulfonamides is 1. The molecule has 0 radical (unpaired) electrons. The molecule has 3 aromatic rings. The first-order valence-corrected chi connectivity index (χ1v) is 11.0. The molecule has 1 amide bonds. The molecule has 1 atom stereocenters. The first kappa shape index (κ1) is 20.8. The van der Waals surface area contributed by atoms with Crippen LogP contribution in [0, 0.1) is 6.92 Å². The van der Waals surface area contributed by atoms with Crippen molar-refractivity contribution in [1.82, 2.24) is 19.2 Å². The Morgan fingerprint density at radius 2 is 1.79 bits per heavy atom. The minimum Gasteiger partial charge on any atom is -0.350 e. The lowest BCUT2D eigenvalue weighted by atomic mass is 10.1. The van der Waals surface area contributed by atoms with E-state index in [0.29, 0.717) is 5.56 Å². The van der Waals surface area contributed by atoms with E-state index in [1.165, 1.54) is 7.05 Å². The lowest BCUT2D eigenvalue weighted by Gasteiger charge is -2.26. The van der Waals surface area contributed by atoms with E-state index < -0.39 is 16.1 Å². The fraction of sp³-hybridized carbons (Fsp3) is 0.238. The zero-order valence-electron chi connectivity index (χ0n) is 16.6. The van der Waals surface area contributed by atoms with Crippen LogP contribution < -0.4 is 5.32 Å². The van der Waals surface area contributed by atoms with Crippen molar-refractivity contribution in [1.29, 1.82) is 0 Å². The zero-order valence-corrected chi connectivity index (χ0v) is 17.4. The van der Waals surface area contributed by atoms with Crippen LogP contribution in [-0.2, 0) is 21.4 Å². The number of aryl methyl sites for hydroxylation is 1. The van der Waals surface area contributed by atoms with Crippen LogP contribution in [0.1, 0.15) is 23.0 Å². The monoisotopic (exact) mass is 412 g/mol. The average Bonchev–Trinajstić information content (AvgIpc) is 3.12. The van der Waals surface area contributed by atoms with Gasteiger partial charge in [-0.1, -0.05) is 48.5 Å². The van der Waals surface area contributed by atoms with Crippen molar-refractivity contribution in [2.24, 2.45) is 0 Å². The predicted octanol–water partition coefficient (Wildman–Crippen LogP) is 2.43. The minimum atomic E-state index is -3.57. The first-order chi connectivity index (χ1) is 13.8. The number of hydrogen-bond donors (Lipinski definition) is 1. The van der Waals surface area contributed by atoms with Gasteiger partial charge in [-0.2, -0.15) is 4.31 Å². The molecular formula is C21H24N4O3S. The van der Waals surface area contributed by atoms with Gasteiger partial charge in [0.05, 0.1) is 11.9 Å². The van der Waals surface area contributed by atoms with E-state index in [1.54, 1.807) is 30.5 Å². The Balaban J connectivity index is 1.86. The number of carbonyl (C=O) groups is 1. The fourth-order valence-corrected chi connectivity index (χ4v) is 3.76. The van der Waals surface area contributed by atoms with Crippen LogP contribution >= 0.6 is 0 Å². The molecule has 0 fully saturated rings. The molecule has 0 aliphatic rings. The first-order valence-electron chi connectivity index (χ1n) is 9.13. The van der Waals surface area contributed by atoms with Gasteiger partial charge in [0.15, 0.2) is 0 Å². The molecule has 0 saturated carbocycles. The molecule has 1 aromatic heterocycles. The number of hydrogen-bond acceptors (Lipinski definition) is 4. The fourth-order valence-electron chi connectivity index (χ4n) is 3.16. The van der Waals surface area contributed by atoms with Gasteiger partial charge in [0.1, 0.15) is 11.9 Å². The van der Waals surface area contributed by atoms with Crippen LogP contribution in [0.4, 0.5) is 0 Å². The largest absolute Gasteiger partial charge is 0.350 e. The van der Waals surface area contributed by atoms with E-state index in [4.69, 9.17) is 0 Å². The number of benzene rings is 2. The average molecular weight is 413 g/mol. The molecule has 0 unspecified atom stereocenters. The van der Waals surface area contributed by atoms with Crippen LogP contribution in [0.3, 0.4) is 0 Å². The van der Waals surface area contributed by atoms with Gasteiger partial charge in [0.25, 0.3) is 0 Å². The summed E-state index contributed by atoms with van der Waals surface area (Å²) in [7, 11) is -2.16. The molecule has 0 saturated heterocycles. The topological polar surface area (TPSA) is 84.3 Å². The maximum atomic E-state index is 13.0. The lowest BCUT2D eigenvalue weighted by molar-refractivity contribution is -0.124. The van der Waals surface area contributed by atoms with Crippen molar-refractivity contribution >= 4 is 15.9 Å². The van der Waals surface area contributed by atoms with Crippen LogP contribution in [0.15, 0.2) is 67.0 Å². The summed E-state index contributed by atoms with van der Waals surface area (Å²) in [5.41, 5.74) is 2.42. The minimum absolute atomic E-state index is 0.258. The van der Waals surface area contributed by atoms with E-state index >= 15 is 0 Å². The number of nitrogens with zero attached hydrogens (tertiary/aromatic N) is 3. The van der Waals surface area contributed by atoms with E-state index in [-0.39, 0.29) is 12.5 Å². The highest BCUT2D eigenvalue weighted by atomic mass is 32.2. The maximum absolute atomic E-state index is 13.0. The highest BCUT2D eigenvalue weighted by molar-refractivity contribution is 7.88. The summed E-state index contributed by atoms with van der Waals surface area (Å²) in [4.78, 5) is 17.3. The van der Waals surface area contributed by atoms with Crippen molar-refractivity contribution in [2.45, 2.75) is 19.5 Å². The van der Waals surface area contributed by atoms with Crippen molar-refractivity contribution in [3.63, 3.8) is 0 Å². The summed E-state index contributed by atoms with van der Waals surface area (Å²) in [5.74, 6) is 0.448. The SMILES string of the molecule is Cc1nccn1-c1ccccc1CNC(=O)[C@H](c1ccccc1)N(C)S(C)(=O)=O. The molecule has 0 spiro atoms. The Labute approximate surface area is 171 Å². The number of para-hydroxylation sites is 1. The summed E-state index contributed by atoms with van der Waals surface area (Å²) in [6, 6.07) is 15.6. The Morgan fingerprint density at radius 1 is 1.14 bits per heavy atom. The van der Waals surface area contributed by atoms with Crippen LogP contribution in [0.25, 0.3) is 5.69 Å². The van der Waals surface area contributed by atoms with Crippen molar-refractivity contribution in [2.75, 3.05) is 13.3 Å². The number of likely N-dealkylation sites (N-methyl/N-ethyl adjacent to an activating group) is 1. The highest BCUT2D eigenvalue weighted by Gasteiger charge is 2.30. The second-order valence-corrected chi connectivity index (χ2v) is 8.83. The quantitative estimate of drug-likeness (QED) is 0.646. The Bertz CT molecular complexity index is 1090. The third kappa shape index (κ3) is 4.72. The number of amides is 1. The summed E-state index contributed by atoms with van der Waals surface area (Å²) < 4.78 is 27.2. The van der Waals surface area contributed by atoms with Gasteiger partial charge >= 0.3 is 0 Å². The molecule has 3 rings (SSSR count). The molecule has 2 aromatic carbocycles. The highest BCUT2D eigenvalue weighted by Crippen LogP contribution is 2.23. The van der Waals surface area contributed by atoms with Gasteiger partial charge < -0.3 is 9.88 Å². The van der Waals surface area contributed by atoms with Crippen LogP contribution in [-0.4, -0.2) is 41.5 Å². The van der Waals surface area contributed by atoms with Crippen LogP contribution in [0.2, 0.25) is 0 Å². The molecule has 0 aliphatic carbocycles. The summed E-state index contributed by atoms with van der Waals surface area (Å²) in [6.45, 7) is 2.16.